The van der Waals surface area contributed by atoms with Gasteiger partial charge in [0, 0.05) is 24.6 Å². The van der Waals surface area contributed by atoms with E-state index >= 15 is 0 Å². The van der Waals surface area contributed by atoms with Gasteiger partial charge in [-0.3, -0.25) is 0 Å². The summed E-state index contributed by atoms with van der Waals surface area (Å²) in [6.07, 6.45) is 4.46. The minimum absolute atomic E-state index is 0.00734. The van der Waals surface area contributed by atoms with Crippen molar-refractivity contribution in [2.45, 2.75) is 70.8 Å². The zero-order valence-corrected chi connectivity index (χ0v) is 14.7. The Morgan fingerprint density at radius 1 is 1.24 bits per heavy atom. The van der Waals surface area contributed by atoms with E-state index in [1.54, 1.807) is 13.8 Å². The molecule has 5 heteroatoms. The van der Waals surface area contributed by atoms with Crippen LogP contribution in [-0.2, 0) is 14.6 Å². The van der Waals surface area contributed by atoms with Crippen LogP contribution in [-0.4, -0.2) is 44.7 Å². The Morgan fingerprint density at radius 2 is 1.90 bits per heavy atom. The molecule has 1 saturated carbocycles. The van der Waals surface area contributed by atoms with Gasteiger partial charge in [-0.15, -0.1) is 0 Å². The van der Waals surface area contributed by atoms with Crippen LogP contribution < -0.4 is 5.32 Å². The molecule has 0 amide bonds. The molecule has 2 unspecified atom stereocenters. The fourth-order valence-corrected chi connectivity index (χ4v) is 4.44. The van der Waals surface area contributed by atoms with Gasteiger partial charge in [-0.25, -0.2) is 8.42 Å². The Bertz CT molecular complexity index is 442. The molecule has 1 saturated heterocycles. The van der Waals surface area contributed by atoms with Crippen molar-refractivity contribution in [3.63, 3.8) is 0 Å². The first kappa shape index (κ1) is 17.2. The molecule has 1 aliphatic carbocycles. The van der Waals surface area contributed by atoms with Gasteiger partial charge in [0.15, 0.2) is 9.84 Å². The molecule has 0 radical (unpaired) electrons. The van der Waals surface area contributed by atoms with E-state index < -0.39 is 9.84 Å². The van der Waals surface area contributed by atoms with Gasteiger partial charge >= 0.3 is 0 Å². The topological polar surface area (TPSA) is 55.4 Å². The molecule has 124 valence electrons. The Labute approximate surface area is 129 Å². The van der Waals surface area contributed by atoms with Gasteiger partial charge < -0.3 is 10.1 Å². The van der Waals surface area contributed by atoms with Crippen molar-refractivity contribution in [3.05, 3.63) is 0 Å². The van der Waals surface area contributed by atoms with Crippen molar-refractivity contribution < 1.29 is 13.2 Å². The number of hydrogen-bond donors (Lipinski definition) is 1. The van der Waals surface area contributed by atoms with E-state index in [-0.39, 0.29) is 22.5 Å². The fourth-order valence-electron chi connectivity index (χ4n) is 3.28. The molecule has 1 aliphatic heterocycles. The fraction of sp³-hybridized carbons (Fsp3) is 1.00. The van der Waals surface area contributed by atoms with E-state index in [9.17, 15) is 8.42 Å². The summed E-state index contributed by atoms with van der Waals surface area (Å²) < 4.78 is 30.4. The first-order valence-electron chi connectivity index (χ1n) is 8.33. The van der Waals surface area contributed by atoms with Gasteiger partial charge in [-0.05, 0) is 45.4 Å². The molecule has 2 aliphatic rings. The molecule has 1 N–H and O–H groups in total. The summed E-state index contributed by atoms with van der Waals surface area (Å²) in [6, 6.07) is 0.420. The van der Waals surface area contributed by atoms with Gasteiger partial charge in [-0.1, -0.05) is 13.8 Å². The second kappa shape index (κ2) is 6.55. The third-order valence-electron chi connectivity index (χ3n) is 5.02. The van der Waals surface area contributed by atoms with E-state index in [4.69, 9.17) is 4.74 Å². The largest absolute Gasteiger partial charge is 0.377 e. The molecule has 0 spiro atoms. The maximum Gasteiger partial charge on any atom is 0.152 e. The Morgan fingerprint density at radius 3 is 2.43 bits per heavy atom. The average Bonchev–Trinajstić information content (AvgIpc) is 3.15. The molecule has 0 bridgehead atoms. The molecule has 2 fully saturated rings. The molecule has 0 aromatic carbocycles. The summed E-state index contributed by atoms with van der Waals surface area (Å²) in [5.74, 6) is 0.944. The number of ether oxygens (including phenoxy) is 1. The highest BCUT2D eigenvalue weighted by Crippen LogP contribution is 2.49. The van der Waals surface area contributed by atoms with Crippen LogP contribution in [0.3, 0.4) is 0 Å². The summed E-state index contributed by atoms with van der Waals surface area (Å²) in [5.41, 5.74) is 0.00734. The van der Waals surface area contributed by atoms with Crippen molar-refractivity contribution >= 4 is 9.84 Å². The van der Waals surface area contributed by atoms with Crippen molar-refractivity contribution in [1.29, 1.82) is 0 Å². The Hall–Kier alpha value is -0.130. The van der Waals surface area contributed by atoms with Gasteiger partial charge in [-0.2, -0.15) is 0 Å². The maximum atomic E-state index is 12.2. The standard InChI is InChI=1S/C16H31NO3S/c1-12(2)17-11-16(8-10-21(18,19)13(3)4)7-9-20-15(16)14-5-6-14/h12-15,17H,5-11H2,1-4H3. The minimum Gasteiger partial charge on any atom is -0.377 e. The molecule has 4 nitrogen and oxygen atoms in total. The van der Waals surface area contributed by atoms with E-state index in [2.05, 4.69) is 19.2 Å². The highest BCUT2D eigenvalue weighted by molar-refractivity contribution is 7.91. The Kier molecular flexibility index (Phi) is 5.37. The monoisotopic (exact) mass is 317 g/mol. The molecule has 1 heterocycles. The summed E-state index contributed by atoms with van der Waals surface area (Å²) in [6.45, 7) is 9.49. The number of nitrogens with one attached hydrogen (secondary N) is 1. The van der Waals surface area contributed by atoms with Crippen LogP contribution in [0.25, 0.3) is 0 Å². The predicted octanol–water partition coefficient (Wildman–Crippen LogP) is 2.38. The maximum absolute atomic E-state index is 12.2. The quantitative estimate of drug-likeness (QED) is 0.747. The first-order chi connectivity index (χ1) is 9.77. The van der Waals surface area contributed by atoms with Crippen LogP contribution in [0.2, 0.25) is 0 Å². The highest BCUT2D eigenvalue weighted by atomic mass is 32.2. The molecule has 2 rings (SSSR count). The van der Waals surface area contributed by atoms with Crippen LogP contribution in [0.5, 0.6) is 0 Å². The van der Waals surface area contributed by atoms with Crippen molar-refractivity contribution in [2.75, 3.05) is 18.9 Å². The summed E-state index contributed by atoms with van der Waals surface area (Å²) in [5, 5.41) is 3.25. The van der Waals surface area contributed by atoms with E-state index in [1.165, 1.54) is 12.8 Å². The van der Waals surface area contributed by atoms with E-state index in [0.29, 0.717) is 12.0 Å². The lowest BCUT2D eigenvalue weighted by molar-refractivity contribution is 0.0283. The zero-order chi connectivity index (χ0) is 15.7. The van der Waals surface area contributed by atoms with E-state index in [0.717, 1.165) is 26.0 Å². The number of sulfone groups is 1. The summed E-state index contributed by atoms with van der Waals surface area (Å²) >= 11 is 0. The van der Waals surface area contributed by atoms with Crippen molar-refractivity contribution in [2.24, 2.45) is 11.3 Å². The second-order valence-electron chi connectivity index (χ2n) is 7.44. The average molecular weight is 317 g/mol. The predicted molar refractivity (Wildman–Crippen MR) is 86.2 cm³/mol. The lowest BCUT2D eigenvalue weighted by atomic mass is 9.76. The first-order valence-corrected chi connectivity index (χ1v) is 10.0. The van der Waals surface area contributed by atoms with Gasteiger partial charge in [0.2, 0.25) is 0 Å². The second-order valence-corrected chi connectivity index (χ2v) is 10.1. The molecule has 0 aromatic rings. The molecule has 21 heavy (non-hydrogen) atoms. The third kappa shape index (κ3) is 4.20. The molecular weight excluding hydrogens is 286 g/mol. The summed E-state index contributed by atoms with van der Waals surface area (Å²) in [4.78, 5) is 0. The van der Waals surface area contributed by atoms with Crippen LogP contribution in [0.15, 0.2) is 0 Å². The molecule has 0 aromatic heterocycles. The normalized spacial score (nSPS) is 30.5. The van der Waals surface area contributed by atoms with E-state index in [1.807, 2.05) is 0 Å². The van der Waals surface area contributed by atoms with Crippen LogP contribution in [0, 0.1) is 11.3 Å². The summed E-state index contributed by atoms with van der Waals surface area (Å²) in [7, 11) is -2.97. The van der Waals surface area contributed by atoms with Crippen LogP contribution in [0.1, 0.15) is 53.4 Å². The van der Waals surface area contributed by atoms with Crippen LogP contribution in [0.4, 0.5) is 0 Å². The lowest BCUT2D eigenvalue weighted by Gasteiger charge is -2.35. The van der Waals surface area contributed by atoms with Gasteiger partial charge in [0.25, 0.3) is 0 Å². The zero-order valence-electron chi connectivity index (χ0n) is 13.9. The van der Waals surface area contributed by atoms with Crippen LogP contribution >= 0.6 is 0 Å². The highest BCUT2D eigenvalue weighted by Gasteiger charge is 2.50. The molecule has 2 atom stereocenters. The minimum atomic E-state index is -2.97. The van der Waals surface area contributed by atoms with Crippen molar-refractivity contribution in [1.82, 2.24) is 5.32 Å². The third-order valence-corrected chi connectivity index (χ3v) is 7.23. The number of rotatable bonds is 8. The number of hydrogen-bond acceptors (Lipinski definition) is 4. The van der Waals surface area contributed by atoms with Gasteiger partial charge in [0.05, 0.1) is 17.1 Å². The molecular formula is C16H31NO3S. The van der Waals surface area contributed by atoms with Crippen molar-refractivity contribution in [3.8, 4) is 0 Å². The SMILES string of the molecule is CC(C)NCC1(CCS(=O)(=O)C(C)C)CCOC1C1CC1. The van der Waals surface area contributed by atoms with Gasteiger partial charge in [0.1, 0.15) is 0 Å². The Balaban J connectivity index is 2.08. The lowest BCUT2D eigenvalue weighted by Crippen LogP contribution is -2.45. The smallest absolute Gasteiger partial charge is 0.152 e.